The van der Waals surface area contributed by atoms with Crippen LogP contribution < -0.4 is 5.32 Å². The summed E-state index contributed by atoms with van der Waals surface area (Å²) in [6.07, 6.45) is 2.84. The van der Waals surface area contributed by atoms with Crippen LogP contribution in [0.1, 0.15) is 26.7 Å². The molecule has 0 radical (unpaired) electrons. The summed E-state index contributed by atoms with van der Waals surface area (Å²) in [5.74, 6) is 2.65. The quantitative estimate of drug-likeness (QED) is 0.773. The Hall–Kier alpha value is 0.270. The van der Waals surface area contributed by atoms with Crippen LogP contribution in [-0.2, 0) is 0 Å². The monoisotopic (exact) mass is 228 g/mol. The number of thioether (sulfide) groups is 1. The SMILES string of the molecule is CC(NCCN1CCSCC1)C1(C)CC1. The van der Waals surface area contributed by atoms with Crippen LogP contribution in [0.15, 0.2) is 0 Å². The zero-order valence-corrected chi connectivity index (χ0v) is 10.9. The number of rotatable bonds is 5. The highest BCUT2D eigenvalue weighted by atomic mass is 32.2. The Kier molecular flexibility index (Phi) is 3.97. The molecular formula is C12H24N2S. The van der Waals surface area contributed by atoms with Gasteiger partial charge in [-0.3, -0.25) is 0 Å². The summed E-state index contributed by atoms with van der Waals surface area (Å²) < 4.78 is 0. The lowest BCUT2D eigenvalue weighted by atomic mass is 10.0. The van der Waals surface area contributed by atoms with Gasteiger partial charge in [0.1, 0.15) is 0 Å². The van der Waals surface area contributed by atoms with Gasteiger partial charge in [-0.15, -0.1) is 0 Å². The topological polar surface area (TPSA) is 15.3 Å². The molecule has 1 atom stereocenters. The molecule has 1 aliphatic carbocycles. The molecule has 1 heterocycles. The molecule has 1 N–H and O–H groups in total. The summed E-state index contributed by atoms with van der Waals surface area (Å²) in [6, 6.07) is 0.705. The normalized spacial score (nSPS) is 27.6. The second kappa shape index (κ2) is 5.07. The average molecular weight is 228 g/mol. The van der Waals surface area contributed by atoms with Crippen LogP contribution >= 0.6 is 11.8 Å². The summed E-state index contributed by atoms with van der Waals surface area (Å²) >= 11 is 2.09. The van der Waals surface area contributed by atoms with E-state index in [1.807, 2.05) is 0 Å². The van der Waals surface area contributed by atoms with E-state index in [1.165, 1.54) is 50.5 Å². The van der Waals surface area contributed by atoms with Crippen LogP contribution in [0.5, 0.6) is 0 Å². The summed E-state index contributed by atoms with van der Waals surface area (Å²) in [7, 11) is 0. The van der Waals surface area contributed by atoms with E-state index in [9.17, 15) is 0 Å². The van der Waals surface area contributed by atoms with Gasteiger partial charge in [0.25, 0.3) is 0 Å². The molecule has 1 unspecified atom stereocenters. The predicted octanol–water partition coefficient (Wildman–Crippen LogP) is 1.81. The zero-order chi connectivity index (χ0) is 10.7. The molecule has 0 aromatic carbocycles. The molecule has 0 aromatic rings. The van der Waals surface area contributed by atoms with Crippen LogP contribution in [0.2, 0.25) is 0 Å². The van der Waals surface area contributed by atoms with E-state index in [0.29, 0.717) is 11.5 Å². The van der Waals surface area contributed by atoms with E-state index in [2.05, 4.69) is 35.8 Å². The van der Waals surface area contributed by atoms with E-state index < -0.39 is 0 Å². The Morgan fingerprint density at radius 2 is 2.00 bits per heavy atom. The molecule has 2 nitrogen and oxygen atoms in total. The van der Waals surface area contributed by atoms with Crippen molar-refractivity contribution in [3.8, 4) is 0 Å². The molecular weight excluding hydrogens is 204 g/mol. The van der Waals surface area contributed by atoms with Crippen LogP contribution in [0.25, 0.3) is 0 Å². The second-order valence-corrected chi connectivity index (χ2v) is 6.51. The van der Waals surface area contributed by atoms with Crippen molar-refractivity contribution in [2.24, 2.45) is 5.41 Å². The standard InChI is InChI=1S/C12H24N2S/c1-11(12(2)3-4-12)13-5-6-14-7-9-15-10-8-14/h11,13H,3-10H2,1-2H3. The first-order chi connectivity index (χ1) is 7.21. The van der Waals surface area contributed by atoms with Crippen LogP contribution in [0, 0.1) is 5.41 Å². The fraction of sp³-hybridized carbons (Fsp3) is 1.00. The van der Waals surface area contributed by atoms with Gasteiger partial charge in [0.15, 0.2) is 0 Å². The van der Waals surface area contributed by atoms with Crippen LogP contribution in [-0.4, -0.2) is 48.6 Å². The Morgan fingerprint density at radius 1 is 1.33 bits per heavy atom. The van der Waals surface area contributed by atoms with Gasteiger partial charge >= 0.3 is 0 Å². The number of hydrogen-bond acceptors (Lipinski definition) is 3. The van der Waals surface area contributed by atoms with Gasteiger partial charge in [0.2, 0.25) is 0 Å². The highest BCUT2D eigenvalue weighted by Gasteiger charge is 2.41. The van der Waals surface area contributed by atoms with Gasteiger partial charge in [0.05, 0.1) is 0 Å². The molecule has 15 heavy (non-hydrogen) atoms. The predicted molar refractivity (Wildman–Crippen MR) is 68.6 cm³/mol. The molecule has 3 heteroatoms. The third-order valence-electron chi connectivity index (χ3n) is 4.07. The van der Waals surface area contributed by atoms with Crippen molar-refractivity contribution in [1.29, 1.82) is 0 Å². The molecule has 2 rings (SSSR count). The molecule has 0 spiro atoms. The lowest BCUT2D eigenvalue weighted by Gasteiger charge is -2.28. The van der Waals surface area contributed by atoms with Crippen molar-refractivity contribution in [2.45, 2.75) is 32.7 Å². The fourth-order valence-electron chi connectivity index (χ4n) is 2.14. The minimum atomic E-state index is 0.623. The lowest BCUT2D eigenvalue weighted by molar-refractivity contribution is 0.283. The van der Waals surface area contributed by atoms with Gasteiger partial charge < -0.3 is 10.2 Å². The largest absolute Gasteiger partial charge is 0.312 e. The van der Waals surface area contributed by atoms with Gasteiger partial charge in [-0.2, -0.15) is 11.8 Å². The van der Waals surface area contributed by atoms with E-state index in [1.54, 1.807) is 0 Å². The van der Waals surface area contributed by atoms with Crippen molar-refractivity contribution in [3.63, 3.8) is 0 Å². The van der Waals surface area contributed by atoms with Crippen molar-refractivity contribution in [3.05, 3.63) is 0 Å². The Balaban J connectivity index is 1.57. The molecule has 2 fully saturated rings. The second-order valence-electron chi connectivity index (χ2n) is 5.28. The fourth-order valence-corrected chi connectivity index (χ4v) is 3.12. The summed E-state index contributed by atoms with van der Waals surface area (Å²) in [6.45, 7) is 9.74. The van der Waals surface area contributed by atoms with Crippen molar-refractivity contribution >= 4 is 11.8 Å². The van der Waals surface area contributed by atoms with E-state index in [0.717, 1.165) is 0 Å². The maximum absolute atomic E-state index is 3.68. The summed E-state index contributed by atoms with van der Waals surface area (Å²) in [4.78, 5) is 2.59. The Bertz CT molecular complexity index is 198. The zero-order valence-electron chi connectivity index (χ0n) is 10.1. The van der Waals surface area contributed by atoms with Gasteiger partial charge in [-0.05, 0) is 25.2 Å². The average Bonchev–Trinajstić information content (AvgIpc) is 2.99. The van der Waals surface area contributed by atoms with Crippen LogP contribution in [0.3, 0.4) is 0 Å². The molecule has 88 valence electrons. The highest BCUT2D eigenvalue weighted by molar-refractivity contribution is 7.99. The van der Waals surface area contributed by atoms with Gasteiger partial charge in [0, 0.05) is 43.7 Å². The molecule has 1 saturated heterocycles. The Labute approximate surface area is 98.2 Å². The van der Waals surface area contributed by atoms with Crippen molar-refractivity contribution in [1.82, 2.24) is 10.2 Å². The molecule has 0 aromatic heterocycles. The minimum absolute atomic E-state index is 0.623. The molecule has 2 aliphatic rings. The first-order valence-electron chi connectivity index (χ1n) is 6.24. The first kappa shape index (κ1) is 11.7. The van der Waals surface area contributed by atoms with E-state index in [-0.39, 0.29) is 0 Å². The first-order valence-corrected chi connectivity index (χ1v) is 7.40. The Morgan fingerprint density at radius 3 is 2.60 bits per heavy atom. The number of nitrogens with one attached hydrogen (secondary N) is 1. The van der Waals surface area contributed by atoms with E-state index in [4.69, 9.17) is 0 Å². The summed E-state index contributed by atoms with van der Waals surface area (Å²) in [5, 5.41) is 3.68. The number of hydrogen-bond donors (Lipinski definition) is 1. The minimum Gasteiger partial charge on any atom is -0.312 e. The van der Waals surface area contributed by atoms with Gasteiger partial charge in [-0.1, -0.05) is 6.92 Å². The van der Waals surface area contributed by atoms with Crippen LogP contribution in [0.4, 0.5) is 0 Å². The molecule has 0 amide bonds. The maximum atomic E-state index is 3.68. The van der Waals surface area contributed by atoms with Crippen molar-refractivity contribution < 1.29 is 0 Å². The van der Waals surface area contributed by atoms with Gasteiger partial charge in [-0.25, -0.2) is 0 Å². The van der Waals surface area contributed by atoms with Crippen molar-refractivity contribution in [2.75, 3.05) is 37.7 Å². The van der Waals surface area contributed by atoms with E-state index >= 15 is 0 Å². The highest BCUT2D eigenvalue weighted by Crippen LogP contribution is 2.47. The third kappa shape index (κ3) is 3.36. The smallest absolute Gasteiger partial charge is 0.0108 e. The number of nitrogens with zero attached hydrogens (tertiary/aromatic N) is 1. The third-order valence-corrected chi connectivity index (χ3v) is 5.01. The summed E-state index contributed by atoms with van der Waals surface area (Å²) in [5.41, 5.74) is 0.623. The maximum Gasteiger partial charge on any atom is 0.0108 e. The molecule has 1 saturated carbocycles. The lowest BCUT2D eigenvalue weighted by Crippen LogP contribution is -2.41. The molecule has 0 bridgehead atoms. The molecule has 1 aliphatic heterocycles.